The molecule has 0 spiro atoms. The molecule has 0 saturated carbocycles. The maximum atomic E-state index is 5.89. The van der Waals surface area contributed by atoms with Crippen LogP contribution in [-0.4, -0.2) is 4.98 Å². The van der Waals surface area contributed by atoms with Crippen molar-refractivity contribution in [3.05, 3.63) is 64.9 Å². The lowest BCUT2D eigenvalue weighted by Crippen LogP contribution is -2.23. The highest BCUT2D eigenvalue weighted by molar-refractivity contribution is 6.30. The van der Waals surface area contributed by atoms with E-state index in [2.05, 4.69) is 24.1 Å². The second-order valence-corrected chi connectivity index (χ2v) is 4.85. The summed E-state index contributed by atoms with van der Waals surface area (Å²) in [7, 11) is 0. The van der Waals surface area contributed by atoms with E-state index >= 15 is 0 Å². The van der Waals surface area contributed by atoms with E-state index in [1.807, 2.05) is 48.7 Å². The number of rotatable bonds is 4. The van der Waals surface area contributed by atoms with E-state index in [1.54, 1.807) is 0 Å². The summed E-state index contributed by atoms with van der Waals surface area (Å²) >= 11 is 5.89. The van der Waals surface area contributed by atoms with Crippen LogP contribution in [0.5, 0.6) is 0 Å². The molecule has 3 heteroatoms. The number of pyridine rings is 1. The largest absolute Gasteiger partial charge is 0.302 e. The molecule has 0 saturated heterocycles. The monoisotopic (exact) mass is 260 g/mol. The number of hydrogen-bond donors (Lipinski definition) is 1. The van der Waals surface area contributed by atoms with Gasteiger partial charge < -0.3 is 5.32 Å². The number of benzene rings is 1. The first kappa shape index (κ1) is 13.1. The molecule has 2 aromatic rings. The zero-order valence-electron chi connectivity index (χ0n) is 10.6. The molecule has 18 heavy (non-hydrogen) atoms. The Balaban J connectivity index is 2.03. The van der Waals surface area contributed by atoms with Gasteiger partial charge in [-0.25, -0.2) is 0 Å². The smallest absolute Gasteiger partial charge is 0.0570 e. The first-order valence-corrected chi connectivity index (χ1v) is 6.47. The van der Waals surface area contributed by atoms with Gasteiger partial charge in [-0.1, -0.05) is 29.8 Å². The second kappa shape index (κ2) is 5.98. The van der Waals surface area contributed by atoms with Gasteiger partial charge in [0.25, 0.3) is 0 Å². The van der Waals surface area contributed by atoms with Crippen molar-refractivity contribution in [2.24, 2.45) is 0 Å². The maximum absolute atomic E-state index is 5.89. The van der Waals surface area contributed by atoms with Crippen molar-refractivity contribution in [3.63, 3.8) is 0 Å². The highest BCUT2D eigenvalue weighted by Crippen LogP contribution is 2.19. The minimum Gasteiger partial charge on any atom is -0.302 e. The van der Waals surface area contributed by atoms with E-state index in [0.29, 0.717) is 0 Å². The average molecular weight is 261 g/mol. The standard InChI is InChI=1S/C15H17ClN2/c1-11(13-6-8-14(16)9-7-13)18-12(2)15-5-3-4-10-17-15/h3-12,18H,1-2H3/t11-,12?/m1/s1. The highest BCUT2D eigenvalue weighted by Gasteiger charge is 2.11. The fraction of sp³-hybridized carbons (Fsp3) is 0.267. The molecule has 0 fully saturated rings. The van der Waals surface area contributed by atoms with Gasteiger partial charge >= 0.3 is 0 Å². The quantitative estimate of drug-likeness (QED) is 0.893. The fourth-order valence-corrected chi connectivity index (χ4v) is 2.07. The van der Waals surface area contributed by atoms with Crippen molar-refractivity contribution < 1.29 is 0 Å². The molecule has 2 atom stereocenters. The Morgan fingerprint density at radius 1 is 1.00 bits per heavy atom. The summed E-state index contributed by atoms with van der Waals surface area (Å²) < 4.78 is 0. The van der Waals surface area contributed by atoms with Crippen molar-refractivity contribution in [2.75, 3.05) is 0 Å². The topological polar surface area (TPSA) is 24.9 Å². The maximum Gasteiger partial charge on any atom is 0.0570 e. The summed E-state index contributed by atoms with van der Waals surface area (Å²) in [4.78, 5) is 4.36. The van der Waals surface area contributed by atoms with E-state index in [-0.39, 0.29) is 12.1 Å². The molecular formula is C15H17ClN2. The van der Waals surface area contributed by atoms with E-state index in [1.165, 1.54) is 5.56 Å². The normalized spacial score (nSPS) is 14.2. The van der Waals surface area contributed by atoms with Crippen molar-refractivity contribution in [1.82, 2.24) is 10.3 Å². The van der Waals surface area contributed by atoms with Gasteiger partial charge in [0.15, 0.2) is 0 Å². The summed E-state index contributed by atoms with van der Waals surface area (Å²) in [6.07, 6.45) is 1.82. The van der Waals surface area contributed by atoms with Crippen molar-refractivity contribution in [1.29, 1.82) is 0 Å². The summed E-state index contributed by atoms with van der Waals surface area (Å²) in [6, 6.07) is 14.4. The molecule has 94 valence electrons. The van der Waals surface area contributed by atoms with Crippen LogP contribution in [0, 0.1) is 0 Å². The minimum absolute atomic E-state index is 0.219. The Morgan fingerprint density at radius 3 is 2.33 bits per heavy atom. The third-order valence-electron chi connectivity index (χ3n) is 3.00. The van der Waals surface area contributed by atoms with Gasteiger partial charge in [0.1, 0.15) is 0 Å². The van der Waals surface area contributed by atoms with Crippen LogP contribution >= 0.6 is 11.6 Å². The zero-order chi connectivity index (χ0) is 13.0. The SMILES string of the molecule is CC(N[C@H](C)c1ccc(Cl)cc1)c1ccccn1. The molecule has 2 nitrogen and oxygen atoms in total. The van der Waals surface area contributed by atoms with Crippen LogP contribution in [0.25, 0.3) is 0 Å². The van der Waals surface area contributed by atoms with Gasteiger partial charge in [0.05, 0.1) is 5.69 Å². The van der Waals surface area contributed by atoms with Crippen LogP contribution in [-0.2, 0) is 0 Å². The number of halogens is 1. The van der Waals surface area contributed by atoms with Crippen LogP contribution in [0.1, 0.15) is 37.2 Å². The molecular weight excluding hydrogens is 244 g/mol. The van der Waals surface area contributed by atoms with Crippen LogP contribution < -0.4 is 5.32 Å². The number of nitrogens with zero attached hydrogens (tertiary/aromatic N) is 1. The van der Waals surface area contributed by atoms with Crippen molar-refractivity contribution in [3.8, 4) is 0 Å². The second-order valence-electron chi connectivity index (χ2n) is 4.42. The van der Waals surface area contributed by atoms with Crippen LogP contribution in [0.3, 0.4) is 0 Å². The first-order valence-electron chi connectivity index (χ1n) is 6.09. The van der Waals surface area contributed by atoms with Gasteiger partial charge in [-0.3, -0.25) is 4.98 Å². The van der Waals surface area contributed by atoms with Gasteiger partial charge in [0, 0.05) is 23.3 Å². The van der Waals surface area contributed by atoms with Crippen molar-refractivity contribution in [2.45, 2.75) is 25.9 Å². The molecule has 1 aromatic carbocycles. The van der Waals surface area contributed by atoms with E-state index in [4.69, 9.17) is 11.6 Å². The Kier molecular flexibility index (Phi) is 4.34. The lowest BCUT2D eigenvalue weighted by atomic mass is 10.1. The molecule has 0 bridgehead atoms. The third-order valence-corrected chi connectivity index (χ3v) is 3.25. The molecule has 0 radical (unpaired) electrons. The summed E-state index contributed by atoms with van der Waals surface area (Å²) in [5, 5.41) is 4.29. The van der Waals surface area contributed by atoms with Gasteiger partial charge in [-0.2, -0.15) is 0 Å². The fourth-order valence-electron chi connectivity index (χ4n) is 1.94. The van der Waals surface area contributed by atoms with Gasteiger partial charge in [-0.05, 0) is 43.7 Å². The van der Waals surface area contributed by atoms with E-state index < -0.39 is 0 Å². The predicted molar refractivity (Wildman–Crippen MR) is 75.7 cm³/mol. The lowest BCUT2D eigenvalue weighted by molar-refractivity contribution is 0.486. The number of hydrogen-bond acceptors (Lipinski definition) is 2. The third kappa shape index (κ3) is 3.31. The number of aromatic nitrogens is 1. The molecule has 1 unspecified atom stereocenters. The van der Waals surface area contributed by atoms with Gasteiger partial charge in [-0.15, -0.1) is 0 Å². The van der Waals surface area contributed by atoms with Crippen molar-refractivity contribution >= 4 is 11.6 Å². The average Bonchev–Trinajstić information content (AvgIpc) is 2.40. The molecule has 1 aromatic heterocycles. The molecule has 0 aliphatic carbocycles. The summed E-state index contributed by atoms with van der Waals surface area (Å²) in [5.41, 5.74) is 2.28. The Morgan fingerprint density at radius 2 is 1.72 bits per heavy atom. The van der Waals surface area contributed by atoms with E-state index in [9.17, 15) is 0 Å². The van der Waals surface area contributed by atoms with Crippen LogP contribution in [0.4, 0.5) is 0 Å². The Bertz CT molecular complexity index is 482. The lowest BCUT2D eigenvalue weighted by Gasteiger charge is -2.20. The molecule has 0 aliphatic heterocycles. The first-order chi connectivity index (χ1) is 8.66. The molecule has 0 amide bonds. The van der Waals surface area contributed by atoms with Gasteiger partial charge in [0.2, 0.25) is 0 Å². The minimum atomic E-state index is 0.219. The van der Waals surface area contributed by atoms with Crippen LogP contribution in [0.2, 0.25) is 5.02 Å². The highest BCUT2D eigenvalue weighted by atomic mass is 35.5. The molecule has 2 rings (SSSR count). The molecule has 1 heterocycles. The summed E-state index contributed by atoms with van der Waals surface area (Å²) in [5.74, 6) is 0. The van der Waals surface area contributed by atoms with E-state index in [0.717, 1.165) is 10.7 Å². The Hall–Kier alpha value is -1.38. The summed E-state index contributed by atoms with van der Waals surface area (Å²) in [6.45, 7) is 4.26. The molecule has 0 aliphatic rings. The predicted octanol–water partition coefficient (Wildman–Crippen LogP) is 4.15. The van der Waals surface area contributed by atoms with Crippen LogP contribution in [0.15, 0.2) is 48.7 Å². The Labute approximate surface area is 113 Å². The molecule has 1 N–H and O–H groups in total. The number of nitrogens with one attached hydrogen (secondary N) is 1. The zero-order valence-corrected chi connectivity index (χ0v) is 11.4.